The summed E-state index contributed by atoms with van der Waals surface area (Å²) in [5.74, 6) is 0.108. The van der Waals surface area contributed by atoms with Gasteiger partial charge in [-0.05, 0) is 42.7 Å². The van der Waals surface area contributed by atoms with Crippen LogP contribution < -0.4 is 0 Å². The van der Waals surface area contributed by atoms with Crippen molar-refractivity contribution in [1.29, 1.82) is 0 Å². The number of hydrogen-bond acceptors (Lipinski definition) is 3. The summed E-state index contributed by atoms with van der Waals surface area (Å²) in [7, 11) is 0. The summed E-state index contributed by atoms with van der Waals surface area (Å²) in [5, 5.41) is 2.26. The molecule has 1 heterocycles. The molecule has 2 fully saturated rings. The molecular formula is C20H23NO3. The van der Waals surface area contributed by atoms with Gasteiger partial charge in [-0.3, -0.25) is 4.79 Å². The number of carbonyl (C=O) groups is 1. The molecule has 1 saturated carbocycles. The Hall–Kier alpha value is -1.91. The van der Waals surface area contributed by atoms with Crippen LogP contribution in [0.15, 0.2) is 42.5 Å². The number of fused-ring (bicyclic) bond motifs is 2. The maximum atomic E-state index is 13.1. The fourth-order valence-corrected chi connectivity index (χ4v) is 4.05. The van der Waals surface area contributed by atoms with Gasteiger partial charge in [0.25, 0.3) is 5.91 Å². The SMILES string of the molecule is CCO[C@@H]1CC[C@@H]2[C@H]1OCCN2C(=O)c1ccc2ccccc2c1. The molecule has 126 valence electrons. The smallest absolute Gasteiger partial charge is 0.254 e. The van der Waals surface area contributed by atoms with Crippen molar-refractivity contribution < 1.29 is 14.3 Å². The van der Waals surface area contributed by atoms with E-state index in [0.717, 1.165) is 29.2 Å². The van der Waals surface area contributed by atoms with E-state index in [9.17, 15) is 4.79 Å². The average molecular weight is 325 g/mol. The lowest BCUT2D eigenvalue weighted by atomic mass is 10.0. The van der Waals surface area contributed by atoms with Gasteiger partial charge in [0.1, 0.15) is 6.10 Å². The number of ether oxygens (including phenoxy) is 2. The van der Waals surface area contributed by atoms with Gasteiger partial charge in [-0.15, -0.1) is 0 Å². The molecule has 0 unspecified atom stereocenters. The molecule has 2 aromatic rings. The number of morpholine rings is 1. The molecule has 1 saturated heterocycles. The second-order valence-electron chi connectivity index (χ2n) is 6.53. The molecule has 1 aliphatic heterocycles. The maximum absolute atomic E-state index is 13.1. The zero-order valence-electron chi connectivity index (χ0n) is 14.0. The summed E-state index contributed by atoms with van der Waals surface area (Å²) in [4.78, 5) is 15.1. The Bertz CT molecular complexity index is 744. The lowest BCUT2D eigenvalue weighted by Gasteiger charge is -2.39. The first-order chi connectivity index (χ1) is 11.8. The van der Waals surface area contributed by atoms with Crippen LogP contribution in [0.2, 0.25) is 0 Å². The third-order valence-electron chi connectivity index (χ3n) is 5.17. The van der Waals surface area contributed by atoms with Crippen molar-refractivity contribution in [2.24, 2.45) is 0 Å². The van der Waals surface area contributed by atoms with E-state index in [0.29, 0.717) is 19.8 Å². The van der Waals surface area contributed by atoms with Crippen molar-refractivity contribution in [1.82, 2.24) is 4.90 Å². The fourth-order valence-electron chi connectivity index (χ4n) is 4.05. The van der Waals surface area contributed by atoms with E-state index in [1.807, 2.05) is 42.2 Å². The number of benzene rings is 2. The maximum Gasteiger partial charge on any atom is 0.254 e. The summed E-state index contributed by atoms with van der Waals surface area (Å²) < 4.78 is 11.7. The minimum atomic E-state index is 0.0168. The highest BCUT2D eigenvalue weighted by Crippen LogP contribution is 2.33. The standard InChI is InChI=1S/C20H23NO3/c1-2-23-18-10-9-17-19(18)24-12-11-21(17)20(22)16-8-7-14-5-3-4-6-15(14)13-16/h3-8,13,17-19H,2,9-12H2,1H3/t17-,18-,19-/m1/s1. The lowest BCUT2D eigenvalue weighted by molar-refractivity contribution is -0.102. The third kappa shape index (κ3) is 2.70. The molecular weight excluding hydrogens is 302 g/mol. The predicted octanol–water partition coefficient (Wildman–Crippen LogP) is 3.25. The molecule has 1 amide bonds. The summed E-state index contributed by atoms with van der Waals surface area (Å²) >= 11 is 0. The van der Waals surface area contributed by atoms with E-state index in [1.165, 1.54) is 0 Å². The van der Waals surface area contributed by atoms with E-state index in [-0.39, 0.29) is 24.2 Å². The van der Waals surface area contributed by atoms with E-state index >= 15 is 0 Å². The van der Waals surface area contributed by atoms with Crippen LogP contribution in [0.3, 0.4) is 0 Å². The minimum Gasteiger partial charge on any atom is -0.376 e. The van der Waals surface area contributed by atoms with Crippen LogP contribution in [-0.2, 0) is 9.47 Å². The summed E-state index contributed by atoms with van der Waals surface area (Å²) in [6.45, 7) is 3.94. The molecule has 0 bridgehead atoms. The number of amides is 1. The molecule has 4 nitrogen and oxygen atoms in total. The van der Waals surface area contributed by atoms with Crippen LogP contribution in [0, 0.1) is 0 Å². The van der Waals surface area contributed by atoms with Crippen molar-refractivity contribution in [2.75, 3.05) is 19.8 Å². The first-order valence-electron chi connectivity index (χ1n) is 8.81. The Labute approximate surface area is 142 Å². The van der Waals surface area contributed by atoms with Crippen LogP contribution in [0.25, 0.3) is 10.8 Å². The predicted molar refractivity (Wildman–Crippen MR) is 93.2 cm³/mol. The molecule has 0 radical (unpaired) electrons. The van der Waals surface area contributed by atoms with Crippen LogP contribution in [0.5, 0.6) is 0 Å². The molecule has 4 heteroatoms. The molecule has 24 heavy (non-hydrogen) atoms. The number of carbonyl (C=O) groups excluding carboxylic acids is 1. The molecule has 3 atom stereocenters. The number of nitrogens with zero attached hydrogens (tertiary/aromatic N) is 1. The lowest BCUT2D eigenvalue weighted by Crippen LogP contribution is -2.53. The van der Waals surface area contributed by atoms with Gasteiger partial charge < -0.3 is 14.4 Å². The highest BCUT2D eigenvalue weighted by atomic mass is 16.5. The van der Waals surface area contributed by atoms with Crippen molar-refractivity contribution >= 4 is 16.7 Å². The van der Waals surface area contributed by atoms with Gasteiger partial charge in [-0.2, -0.15) is 0 Å². The van der Waals surface area contributed by atoms with Gasteiger partial charge in [-0.1, -0.05) is 30.3 Å². The Kier molecular flexibility index (Phi) is 4.25. The van der Waals surface area contributed by atoms with Crippen LogP contribution >= 0.6 is 0 Å². The van der Waals surface area contributed by atoms with Crippen molar-refractivity contribution in [3.05, 3.63) is 48.0 Å². The van der Waals surface area contributed by atoms with Gasteiger partial charge in [0.05, 0.1) is 18.8 Å². The number of hydrogen-bond donors (Lipinski definition) is 0. The van der Waals surface area contributed by atoms with Crippen LogP contribution in [0.1, 0.15) is 30.1 Å². The van der Waals surface area contributed by atoms with Gasteiger partial charge in [0.15, 0.2) is 0 Å². The Balaban J connectivity index is 1.58. The Morgan fingerprint density at radius 3 is 2.88 bits per heavy atom. The van der Waals surface area contributed by atoms with Gasteiger partial charge in [-0.25, -0.2) is 0 Å². The fraction of sp³-hybridized carbons (Fsp3) is 0.450. The zero-order chi connectivity index (χ0) is 16.5. The molecule has 1 aliphatic carbocycles. The first kappa shape index (κ1) is 15.6. The molecule has 0 aromatic heterocycles. The monoisotopic (exact) mass is 325 g/mol. The van der Waals surface area contributed by atoms with Crippen molar-refractivity contribution in [3.8, 4) is 0 Å². The third-order valence-corrected chi connectivity index (χ3v) is 5.17. The molecule has 2 aromatic carbocycles. The van der Waals surface area contributed by atoms with E-state index in [1.54, 1.807) is 0 Å². The van der Waals surface area contributed by atoms with Crippen LogP contribution in [-0.4, -0.2) is 48.8 Å². The second kappa shape index (κ2) is 6.54. The quantitative estimate of drug-likeness (QED) is 0.869. The van der Waals surface area contributed by atoms with E-state index in [4.69, 9.17) is 9.47 Å². The van der Waals surface area contributed by atoms with Crippen molar-refractivity contribution in [2.45, 2.75) is 38.0 Å². The largest absolute Gasteiger partial charge is 0.376 e. The second-order valence-corrected chi connectivity index (χ2v) is 6.53. The Morgan fingerprint density at radius 2 is 2.04 bits per heavy atom. The first-order valence-corrected chi connectivity index (χ1v) is 8.81. The van der Waals surface area contributed by atoms with E-state index < -0.39 is 0 Å². The molecule has 2 aliphatic rings. The molecule has 0 spiro atoms. The average Bonchev–Trinajstić information content (AvgIpc) is 3.04. The summed E-state index contributed by atoms with van der Waals surface area (Å²) in [6, 6.07) is 14.2. The highest BCUT2D eigenvalue weighted by molar-refractivity contribution is 5.98. The molecule has 4 rings (SSSR count). The summed E-state index contributed by atoms with van der Waals surface area (Å²) in [6.07, 6.45) is 2.05. The Morgan fingerprint density at radius 1 is 1.21 bits per heavy atom. The van der Waals surface area contributed by atoms with Crippen LogP contribution in [0.4, 0.5) is 0 Å². The minimum absolute atomic E-state index is 0.0168. The van der Waals surface area contributed by atoms with Gasteiger partial charge in [0, 0.05) is 18.7 Å². The normalized spacial score (nSPS) is 26.5. The van der Waals surface area contributed by atoms with Gasteiger partial charge >= 0.3 is 0 Å². The van der Waals surface area contributed by atoms with Crippen molar-refractivity contribution in [3.63, 3.8) is 0 Å². The van der Waals surface area contributed by atoms with E-state index in [2.05, 4.69) is 12.1 Å². The highest BCUT2D eigenvalue weighted by Gasteiger charge is 2.44. The molecule has 0 N–H and O–H groups in total. The summed E-state index contributed by atoms with van der Waals surface area (Å²) in [5.41, 5.74) is 0.759. The zero-order valence-corrected chi connectivity index (χ0v) is 14.0. The van der Waals surface area contributed by atoms with Gasteiger partial charge in [0.2, 0.25) is 0 Å². The topological polar surface area (TPSA) is 38.8 Å². The number of rotatable bonds is 3.